The van der Waals surface area contributed by atoms with Crippen molar-refractivity contribution in [3.05, 3.63) is 0 Å². The summed E-state index contributed by atoms with van der Waals surface area (Å²) in [6.07, 6.45) is 0.396. The number of ether oxygens (including phenoxy) is 1. The van der Waals surface area contributed by atoms with E-state index in [0.717, 1.165) is 26.2 Å². The van der Waals surface area contributed by atoms with Crippen LogP contribution in [0.25, 0.3) is 0 Å². The molecule has 0 aliphatic carbocycles. The van der Waals surface area contributed by atoms with Crippen molar-refractivity contribution >= 4 is 0 Å². The molecule has 2 bridgehead atoms. The van der Waals surface area contributed by atoms with Gasteiger partial charge in [0, 0.05) is 26.2 Å². The van der Waals surface area contributed by atoms with Gasteiger partial charge in [-0.3, -0.25) is 0 Å². The van der Waals surface area contributed by atoms with Gasteiger partial charge in [0.05, 0.1) is 11.7 Å². The highest BCUT2D eigenvalue weighted by molar-refractivity contribution is 4.91. The Kier molecular flexibility index (Phi) is 1.44. The summed E-state index contributed by atoms with van der Waals surface area (Å²) in [5, 5.41) is 6.72. The molecule has 0 aromatic heterocycles. The Labute approximate surface area is 61.1 Å². The first-order valence-electron chi connectivity index (χ1n) is 3.88. The molecule has 58 valence electrons. The Morgan fingerprint density at radius 3 is 2.30 bits per heavy atom. The molecule has 2 aliphatic heterocycles. The van der Waals surface area contributed by atoms with E-state index in [1.54, 1.807) is 0 Å². The molecular weight excluding hydrogens is 128 g/mol. The summed E-state index contributed by atoms with van der Waals surface area (Å²) < 4.78 is 5.78. The minimum atomic E-state index is 0.0567. The third-order valence-electron chi connectivity index (χ3n) is 2.19. The van der Waals surface area contributed by atoms with Crippen LogP contribution in [0.15, 0.2) is 0 Å². The molecule has 0 aromatic rings. The van der Waals surface area contributed by atoms with Crippen LogP contribution in [-0.2, 0) is 4.74 Å². The van der Waals surface area contributed by atoms with Gasteiger partial charge in [0.25, 0.3) is 0 Å². The Morgan fingerprint density at radius 2 is 1.90 bits per heavy atom. The molecule has 0 unspecified atom stereocenters. The van der Waals surface area contributed by atoms with Crippen molar-refractivity contribution in [3.8, 4) is 0 Å². The summed E-state index contributed by atoms with van der Waals surface area (Å²) in [6, 6.07) is 0. The molecular formula is C7H14N2O. The molecule has 2 rings (SSSR count). The third kappa shape index (κ3) is 1.05. The fraction of sp³-hybridized carbons (Fsp3) is 1.00. The second-order valence-corrected chi connectivity index (χ2v) is 3.45. The first-order chi connectivity index (χ1) is 4.79. The summed E-state index contributed by atoms with van der Waals surface area (Å²) >= 11 is 0. The molecule has 2 fully saturated rings. The van der Waals surface area contributed by atoms with Crippen LogP contribution >= 0.6 is 0 Å². The van der Waals surface area contributed by atoms with Gasteiger partial charge in [-0.15, -0.1) is 0 Å². The summed E-state index contributed by atoms with van der Waals surface area (Å²) in [4.78, 5) is 0. The van der Waals surface area contributed by atoms with Gasteiger partial charge in [0.15, 0.2) is 0 Å². The van der Waals surface area contributed by atoms with Crippen LogP contribution in [-0.4, -0.2) is 37.9 Å². The smallest absolute Gasteiger partial charge is 0.0906 e. The number of morpholine rings is 2. The van der Waals surface area contributed by atoms with Crippen LogP contribution < -0.4 is 10.6 Å². The highest BCUT2D eigenvalue weighted by atomic mass is 16.5. The average Bonchev–Trinajstić information content (AvgIpc) is 1.86. The maximum Gasteiger partial charge on any atom is 0.0906 e. The van der Waals surface area contributed by atoms with Crippen molar-refractivity contribution in [2.24, 2.45) is 0 Å². The molecule has 10 heavy (non-hydrogen) atoms. The zero-order chi connectivity index (χ0) is 7.03. The molecule has 2 saturated heterocycles. The highest BCUT2D eigenvalue weighted by Crippen LogP contribution is 2.18. The Morgan fingerprint density at radius 1 is 1.30 bits per heavy atom. The van der Waals surface area contributed by atoms with Crippen LogP contribution in [0.1, 0.15) is 6.92 Å². The zero-order valence-electron chi connectivity index (χ0n) is 6.31. The van der Waals surface area contributed by atoms with E-state index in [9.17, 15) is 0 Å². The molecule has 0 spiro atoms. The second kappa shape index (κ2) is 2.19. The average molecular weight is 142 g/mol. The van der Waals surface area contributed by atoms with Crippen molar-refractivity contribution < 1.29 is 4.74 Å². The quantitative estimate of drug-likeness (QED) is 0.471. The SMILES string of the molecule is CC12CNCC(CNC1)O2. The zero-order valence-corrected chi connectivity index (χ0v) is 6.31. The molecule has 0 atom stereocenters. The molecule has 0 aromatic carbocycles. The van der Waals surface area contributed by atoms with Gasteiger partial charge < -0.3 is 15.4 Å². The number of hydrogen-bond acceptors (Lipinski definition) is 3. The first-order valence-corrected chi connectivity index (χ1v) is 3.88. The normalized spacial score (nSPS) is 47.1. The lowest BCUT2D eigenvalue weighted by Crippen LogP contribution is -2.63. The van der Waals surface area contributed by atoms with Crippen molar-refractivity contribution in [2.75, 3.05) is 26.2 Å². The van der Waals surface area contributed by atoms with Gasteiger partial charge in [-0.25, -0.2) is 0 Å². The van der Waals surface area contributed by atoms with Crippen molar-refractivity contribution in [2.45, 2.75) is 18.6 Å². The van der Waals surface area contributed by atoms with Crippen molar-refractivity contribution in [1.29, 1.82) is 0 Å². The van der Waals surface area contributed by atoms with E-state index < -0.39 is 0 Å². The minimum Gasteiger partial charge on any atom is -0.367 e. The molecule has 3 nitrogen and oxygen atoms in total. The Bertz CT molecular complexity index is 128. The predicted octanol–water partition coefficient (Wildman–Crippen LogP) is -0.663. The maximum atomic E-state index is 5.78. The molecule has 2 heterocycles. The summed E-state index contributed by atoms with van der Waals surface area (Å²) in [6.45, 7) is 6.12. The van der Waals surface area contributed by atoms with E-state index in [1.165, 1.54) is 0 Å². The van der Waals surface area contributed by atoms with E-state index in [0.29, 0.717) is 6.10 Å². The van der Waals surface area contributed by atoms with Crippen LogP contribution in [0.5, 0.6) is 0 Å². The number of fused-ring (bicyclic) bond motifs is 2. The monoisotopic (exact) mass is 142 g/mol. The molecule has 0 radical (unpaired) electrons. The first kappa shape index (κ1) is 6.58. The summed E-state index contributed by atoms with van der Waals surface area (Å²) in [5.74, 6) is 0. The minimum absolute atomic E-state index is 0.0567. The van der Waals surface area contributed by atoms with Crippen molar-refractivity contribution in [3.63, 3.8) is 0 Å². The van der Waals surface area contributed by atoms with E-state index in [-0.39, 0.29) is 5.60 Å². The van der Waals surface area contributed by atoms with Gasteiger partial charge in [-0.1, -0.05) is 0 Å². The summed E-state index contributed by atoms with van der Waals surface area (Å²) in [7, 11) is 0. The molecule has 3 heteroatoms. The summed E-state index contributed by atoms with van der Waals surface area (Å²) in [5.41, 5.74) is 0.0567. The number of rotatable bonds is 0. The van der Waals surface area contributed by atoms with Crippen LogP contribution in [0.2, 0.25) is 0 Å². The third-order valence-corrected chi connectivity index (χ3v) is 2.19. The second-order valence-electron chi connectivity index (χ2n) is 3.45. The predicted molar refractivity (Wildman–Crippen MR) is 39.0 cm³/mol. The largest absolute Gasteiger partial charge is 0.367 e. The molecule has 2 aliphatic rings. The van der Waals surface area contributed by atoms with E-state index in [4.69, 9.17) is 4.74 Å². The Balaban J connectivity index is 2.07. The highest BCUT2D eigenvalue weighted by Gasteiger charge is 2.35. The van der Waals surface area contributed by atoms with Crippen molar-refractivity contribution in [1.82, 2.24) is 10.6 Å². The van der Waals surface area contributed by atoms with E-state index in [1.807, 2.05) is 0 Å². The van der Waals surface area contributed by atoms with Crippen LogP contribution in [0.3, 0.4) is 0 Å². The van der Waals surface area contributed by atoms with E-state index >= 15 is 0 Å². The number of hydrogen-bond donors (Lipinski definition) is 2. The lowest BCUT2D eigenvalue weighted by atomic mass is 10.0. The molecule has 2 N–H and O–H groups in total. The lowest BCUT2D eigenvalue weighted by molar-refractivity contribution is -0.124. The van der Waals surface area contributed by atoms with Crippen LogP contribution in [0.4, 0.5) is 0 Å². The van der Waals surface area contributed by atoms with Crippen LogP contribution in [0, 0.1) is 0 Å². The molecule has 0 amide bonds. The van der Waals surface area contributed by atoms with Gasteiger partial charge in [-0.2, -0.15) is 0 Å². The Hall–Kier alpha value is -0.120. The fourth-order valence-corrected chi connectivity index (χ4v) is 1.70. The fourth-order valence-electron chi connectivity index (χ4n) is 1.70. The van der Waals surface area contributed by atoms with Gasteiger partial charge in [0.1, 0.15) is 0 Å². The van der Waals surface area contributed by atoms with Gasteiger partial charge in [0.2, 0.25) is 0 Å². The maximum absolute atomic E-state index is 5.78. The standard InChI is InChI=1S/C7H14N2O/c1-7-4-8-2-6(10-7)3-9-5-7/h6,8-9H,2-5H2,1H3. The number of nitrogens with one attached hydrogen (secondary N) is 2. The van der Waals surface area contributed by atoms with E-state index in [2.05, 4.69) is 17.6 Å². The van der Waals surface area contributed by atoms with Gasteiger partial charge >= 0.3 is 0 Å². The van der Waals surface area contributed by atoms with Gasteiger partial charge in [-0.05, 0) is 6.92 Å². The molecule has 0 saturated carbocycles. The lowest BCUT2D eigenvalue weighted by Gasteiger charge is -2.43. The topological polar surface area (TPSA) is 33.3 Å².